The normalized spacial score (nSPS) is 12.1. The van der Waals surface area contributed by atoms with Crippen molar-refractivity contribution in [2.24, 2.45) is 0 Å². The molecule has 59 heavy (non-hydrogen) atoms. The summed E-state index contributed by atoms with van der Waals surface area (Å²) in [5, 5.41) is 15.6. The number of fused-ring (bicyclic) bond motifs is 8. The molecular weight excluding hydrogens is 914 g/mol. The molecule has 3 aromatic heterocycles. The molecule has 9 rings (SSSR count). The largest absolute Gasteiger partial charge is 0.354 e. The molecule has 4 aromatic carbocycles. The zero-order valence-corrected chi connectivity index (χ0v) is 35.7. The SMILES string of the molecule is O=[N+]([O-])c1cc2[nH]c1c(-c1c(Cl)cccc1Cl)c1nc(c(-c3c(Cl)cccc3Cl)c3nc(c(-c4c(Cl)cccc4Cl)c4ccc([nH]4)c2-c2c(Cl)cccc2Cl)C=C3)C=C1. The third kappa shape index (κ3) is 6.90. The van der Waals surface area contributed by atoms with E-state index in [1.807, 2.05) is 24.3 Å². The highest BCUT2D eigenvalue weighted by Gasteiger charge is 2.28. The molecular formula is C44H21Cl8N5O2. The van der Waals surface area contributed by atoms with Gasteiger partial charge in [-0.15, -0.1) is 0 Å². The monoisotopic (exact) mass is 931 g/mol. The first-order valence-corrected chi connectivity index (χ1v) is 20.6. The molecule has 15 heteroatoms. The number of hydrogen-bond donors (Lipinski definition) is 2. The van der Waals surface area contributed by atoms with Crippen LogP contribution < -0.4 is 0 Å². The molecule has 0 saturated carbocycles. The first-order chi connectivity index (χ1) is 28.4. The van der Waals surface area contributed by atoms with Crippen LogP contribution in [0.2, 0.25) is 40.2 Å². The number of aromatic nitrogens is 4. The van der Waals surface area contributed by atoms with Crippen LogP contribution in [0.4, 0.5) is 5.69 Å². The van der Waals surface area contributed by atoms with E-state index >= 15 is 0 Å². The minimum Gasteiger partial charge on any atom is -0.354 e. The molecule has 0 saturated heterocycles. The van der Waals surface area contributed by atoms with Crippen molar-refractivity contribution < 1.29 is 4.92 Å². The lowest BCUT2D eigenvalue weighted by Crippen LogP contribution is -1.94. The molecule has 0 radical (unpaired) electrons. The van der Waals surface area contributed by atoms with E-state index in [2.05, 4.69) is 9.97 Å². The predicted molar refractivity (Wildman–Crippen MR) is 247 cm³/mol. The number of nitrogens with one attached hydrogen (secondary N) is 2. The Labute approximate surface area is 375 Å². The molecule has 0 atom stereocenters. The smallest absolute Gasteiger partial charge is 0.295 e. The third-order valence-corrected chi connectivity index (χ3v) is 12.4. The van der Waals surface area contributed by atoms with Gasteiger partial charge in [-0.05, 0) is 85.0 Å². The van der Waals surface area contributed by atoms with E-state index in [-0.39, 0.29) is 32.3 Å². The lowest BCUT2D eigenvalue weighted by atomic mass is 10.0. The van der Waals surface area contributed by atoms with Gasteiger partial charge in [0, 0.05) is 61.6 Å². The van der Waals surface area contributed by atoms with Crippen LogP contribution in [0.1, 0.15) is 22.8 Å². The summed E-state index contributed by atoms with van der Waals surface area (Å²) in [6, 6.07) is 25.5. The van der Waals surface area contributed by atoms with Gasteiger partial charge in [0.2, 0.25) is 0 Å². The van der Waals surface area contributed by atoms with Gasteiger partial charge in [-0.2, -0.15) is 0 Å². The molecule has 2 aliphatic rings. The topological polar surface area (TPSA) is 100 Å². The van der Waals surface area contributed by atoms with Crippen molar-refractivity contribution in [3.63, 3.8) is 0 Å². The molecule has 290 valence electrons. The van der Waals surface area contributed by atoms with Gasteiger partial charge in [0.25, 0.3) is 5.69 Å². The van der Waals surface area contributed by atoms with Gasteiger partial charge >= 0.3 is 0 Å². The van der Waals surface area contributed by atoms with Crippen molar-refractivity contribution in [1.29, 1.82) is 0 Å². The highest BCUT2D eigenvalue weighted by Crippen LogP contribution is 2.48. The van der Waals surface area contributed by atoms with E-state index in [4.69, 9.17) is 103 Å². The summed E-state index contributed by atoms with van der Waals surface area (Å²) in [5.41, 5.74) is 6.11. The number of hydrogen-bond acceptors (Lipinski definition) is 4. The van der Waals surface area contributed by atoms with Crippen molar-refractivity contribution in [1.82, 2.24) is 19.9 Å². The Hall–Kier alpha value is -4.80. The van der Waals surface area contributed by atoms with Gasteiger partial charge < -0.3 is 9.97 Å². The Morgan fingerprint density at radius 2 is 0.746 bits per heavy atom. The Morgan fingerprint density at radius 1 is 0.407 bits per heavy atom. The molecule has 0 fully saturated rings. The van der Waals surface area contributed by atoms with E-state index in [1.54, 1.807) is 84.9 Å². The minimum absolute atomic E-state index is 0.0605. The maximum absolute atomic E-state index is 13.2. The average molecular weight is 935 g/mol. The third-order valence-electron chi connectivity index (χ3n) is 9.89. The Bertz CT molecular complexity index is 3130. The zero-order valence-electron chi connectivity index (χ0n) is 29.7. The average Bonchev–Trinajstić information content (AvgIpc) is 4.03. The molecule has 0 amide bonds. The second kappa shape index (κ2) is 15.7. The quantitative estimate of drug-likeness (QED) is 0.133. The highest BCUT2D eigenvalue weighted by atomic mass is 35.5. The van der Waals surface area contributed by atoms with Crippen LogP contribution in [0.3, 0.4) is 0 Å². The highest BCUT2D eigenvalue weighted by molar-refractivity contribution is 6.42. The second-order valence-electron chi connectivity index (χ2n) is 13.3. The molecule has 0 aliphatic carbocycles. The molecule has 7 nitrogen and oxygen atoms in total. The van der Waals surface area contributed by atoms with Crippen molar-refractivity contribution in [3.8, 4) is 44.5 Å². The summed E-state index contributed by atoms with van der Waals surface area (Å²) in [7, 11) is 0. The van der Waals surface area contributed by atoms with Crippen LogP contribution in [-0.4, -0.2) is 24.9 Å². The van der Waals surface area contributed by atoms with Crippen LogP contribution in [0.15, 0.2) is 91.0 Å². The van der Waals surface area contributed by atoms with E-state index in [9.17, 15) is 10.1 Å². The number of nitro groups is 1. The van der Waals surface area contributed by atoms with Crippen LogP contribution in [0.25, 0.3) is 90.9 Å². The maximum atomic E-state index is 13.2. The summed E-state index contributed by atoms with van der Waals surface area (Å²) >= 11 is 55.4. The molecule has 0 spiro atoms. The molecule has 8 bridgehead atoms. The Morgan fingerprint density at radius 3 is 1.17 bits per heavy atom. The molecule has 5 heterocycles. The number of halogens is 8. The van der Waals surface area contributed by atoms with Gasteiger partial charge in [0.15, 0.2) is 0 Å². The fraction of sp³-hybridized carbons (Fsp3) is 0. The van der Waals surface area contributed by atoms with Crippen molar-refractivity contribution in [2.75, 3.05) is 0 Å². The van der Waals surface area contributed by atoms with Crippen molar-refractivity contribution in [2.45, 2.75) is 0 Å². The number of nitrogens with zero attached hydrogens (tertiary/aromatic N) is 3. The van der Waals surface area contributed by atoms with Crippen molar-refractivity contribution in [3.05, 3.63) is 164 Å². The van der Waals surface area contributed by atoms with E-state index < -0.39 is 4.92 Å². The first-order valence-electron chi connectivity index (χ1n) is 17.5. The summed E-state index contributed by atoms with van der Waals surface area (Å²) in [6.45, 7) is 0. The molecule has 7 aromatic rings. The van der Waals surface area contributed by atoms with Crippen molar-refractivity contribution >= 4 is 145 Å². The number of rotatable bonds is 5. The van der Waals surface area contributed by atoms with Gasteiger partial charge in [0.05, 0.1) is 73.4 Å². The number of benzene rings is 4. The van der Waals surface area contributed by atoms with Crippen LogP contribution in [0.5, 0.6) is 0 Å². The molecule has 2 N–H and O–H groups in total. The summed E-state index contributed by atoms with van der Waals surface area (Å²) in [6.07, 6.45) is 7.14. The Balaban J connectivity index is 1.59. The predicted octanol–water partition coefficient (Wildman–Crippen LogP) is 16.5. The van der Waals surface area contributed by atoms with E-state index in [0.717, 1.165) is 0 Å². The summed E-state index contributed by atoms with van der Waals surface area (Å²) in [4.78, 5) is 29.8. The molecule has 2 aliphatic heterocycles. The Kier molecular flexibility index (Phi) is 10.5. The first kappa shape index (κ1) is 39.6. The van der Waals surface area contributed by atoms with E-state index in [1.165, 1.54) is 6.07 Å². The van der Waals surface area contributed by atoms with Crippen LogP contribution >= 0.6 is 92.8 Å². The lowest BCUT2D eigenvalue weighted by Gasteiger charge is -2.11. The van der Waals surface area contributed by atoms with Gasteiger partial charge in [-0.25, -0.2) is 9.97 Å². The van der Waals surface area contributed by atoms with Gasteiger partial charge in [-0.3, -0.25) is 10.1 Å². The summed E-state index contributed by atoms with van der Waals surface area (Å²) < 4.78 is 0. The summed E-state index contributed by atoms with van der Waals surface area (Å²) in [5.74, 6) is 0. The maximum Gasteiger partial charge on any atom is 0.295 e. The molecule has 0 unspecified atom stereocenters. The fourth-order valence-corrected chi connectivity index (χ4v) is 9.76. The van der Waals surface area contributed by atoms with Gasteiger partial charge in [-0.1, -0.05) is 117 Å². The lowest BCUT2D eigenvalue weighted by molar-refractivity contribution is -0.382. The zero-order chi connectivity index (χ0) is 41.3. The van der Waals surface area contributed by atoms with Crippen LogP contribution in [0, 0.1) is 10.1 Å². The fourth-order valence-electron chi connectivity index (χ4n) is 7.41. The second-order valence-corrected chi connectivity index (χ2v) is 16.6. The standard InChI is InChI=1S/C44H21Cl8N5O2/c45-20-5-1-6-21(46)36(20)40-28-13-14-29(53-28)41(37-22(47)7-2-8-23(37)48)31-17-18-33(55-31)43(39-26(51)11-4-12-27(39)52)44-35(57(58)59)19-34(56-44)42(32-16-15-30(40)54-32)38-24(49)9-3-10-25(38)50/h1-19,54,56H. The van der Waals surface area contributed by atoms with E-state index in [0.29, 0.717) is 103 Å². The van der Waals surface area contributed by atoms with Gasteiger partial charge in [0.1, 0.15) is 5.52 Å². The van der Waals surface area contributed by atoms with Crippen LogP contribution in [-0.2, 0) is 0 Å². The number of aromatic amines is 2. The number of H-pyrrole nitrogens is 2. The minimum atomic E-state index is -0.494.